The van der Waals surface area contributed by atoms with Crippen LogP contribution in [0.25, 0.3) is 0 Å². The highest BCUT2D eigenvalue weighted by Gasteiger charge is 2.52. The second-order valence-corrected chi connectivity index (χ2v) is 9.49. The van der Waals surface area contributed by atoms with Gasteiger partial charge in [-0.3, -0.25) is 0 Å². The van der Waals surface area contributed by atoms with E-state index in [0.717, 1.165) is 12.3 Å². The van der Waals surface area contributed by atoms with E-state index in [2.05, 4.69) is 13.8 Å². The maximum atomic E-state index is 15.3. The van der Waals surface area contributed by atoms with Gasteiger partial charge in [-0.15, -0.1) is 0 Å². The van der Waals surface area contributed by atoms with Gasteiger partial charge in [0.2, 0.25) is 0 Å². The SMILES string of the molecule is CCCC1CCC(CC(F)C23CCC(CCC)(CC2)CC3)CC1. The fraction of sp³-hybridized carbons (Fsp3) is 1.00. The van der Waals surface area contributed by atoms with Crippen LogP contribution in [0.4, 0.5) is 4.39 Å². The third kappa shape index (κ3) is 3.79. The first-order chi connectivity index (χ1) is 11.1. The Kier molecular flexibility index (Phi) is 5.74. The summed E-state index contributed by atoms with van der Waals surface area (Å²) in [6.07, 6.45) is 18.7. The van der Waals surface area contributed by atoms with Crippen molar-refractivity contribution in [2.45, 2.75) is 116 Å². The molecule has 0 aliphatic heterocycles. The fourth-order valence-corrected chi connectivity index (χ4v) is 6.37. The van der Waals surface area contributed by atoms with Crippen LogP contribution in [-0.4, -0.2) is 6.17 Å². The van der Waals surface area contributed by atoms with Crippen LogP contribution in [0.15, 0.2) is 0 Å². The smallest absolute Gasteiger partial charge is 0.106 e. The Labute approximate surface area is 144 Å². The van der Waals surface area contributed by atoms with Crippen LogP contribution in [-0.2, 0) is 0 Å². The molecule has 0 N–H and O–H groups in total. The molecule has 0 amide bonds. The van der Waals surface area contributed by atoms with E-state index in [1.165, 1.54) is 89.9 Å². The summed E-state index contributed by atoms with van der Waals surface area (Å²) in [5, 5.41) is 0. The highest BCUT2D eigenvalue weighted by molar-refractivity contribution is 5.02. The lowest BCUT2D eigenvalue weighted by atomic mass is 9.51. The molecule has 0 nitrogen and oxygen atoms in total. The van der Waals surface area contributed by atoms with E-state index in [-0.39, 0.29) is 5.41 Å². The van der Waals surface area contributed by atoms with Crippen molar-refractivity contribution in [3.8, 4) is 0 Å². The first-order valence-corrected chi connectivity index (χ1v) is 10.8. The molecule has 2 bridgehead atoms. The number of hydrogen-bond acceptors (Lipinski definition) is 0. The van der Waals surface area contributed by atoms with Crippen molar-refractivity contribution in [3.05, 3.63) is 0 Å². The zero-order valence-corrected chi connectivity index (χ0v) is 15.7. The molecule has 4 rings (SSSR count). The van der Waals surface area contributed by atoms with E-state index in [0.29, 0.717) is 11.3 Å². The molecular formula is C22H39F. The van der Waals surface area contributed by atoms with Crippen LogP contribution in [0.2, 0.25) is 0 Å². The van der Waals surface area contributed by atoms with E-state index in [1.54, 1.807) is 0 Å². The van der Waals surface area contributed by atoms with Crippen LogP contribution in [0.5, 0.6) is 0 Å². The van der Waals surface area contributed by atoms with Gasteiger partial charge in [-0.25, -0.2) is 4.39 Å². The van der Waals surface area contributed by atoms with Crippen molar-refractivity contribution < 1.29 is 4.39 Å². The second-order valence-electron chi connectivity index (χ2n) is 9.49. The molecule has 23 heavy (non-hydrogen) atoms. The summed E-state index contributed by atoms with van der Waals surface area (Å²) in [5.74, 6) is 1.64. The van der Waals surface area contributed by atoms with Gasteiger partial charge in [0.15, 0.2) is 0 Å². The largest absolute Gasteiger partial charge is 0.247 e. The topological polar surface area (TPSA) is 0 Å². The first kappa shape index (κ1) is 17.7. The predicted octanol–water partition coefficient (Wildman–Crippen LogP) is 7.46. The zero-order valence-electron chi connectivity index (χ0n) is 15.7. The molecule has 0 aromatic rings. The van der Waals surface area contributed by atoms with Gasteiger partial charge >= 0.3 is 0 Å². The molecule has 0 spiro atoms. The van der Waals surface area contributed by atoms with Crippen molar-refractivity contribution in [2.24, 2.45) is 22.7 Å². The van der Waals surface area contributed by atoms with Crippen LogP contribution >= 0.6 is 0 Å². The fourth-order valence-electron chi connectivity index (χ4n) is 6.37. The molecule has 134 valence electrons. The lowest BCUT2D eigenvalue weighted by Crippen LogP contribution is -2.47. The van der Waals surface area contributed by atoms with Gasteiger partial charge in [0.1, 0.15) is 6.17 Å². The summed E-state index contributed by atoms with van der Waals surface area (Å²) in [6, 6.07) is 0. The molecule has 4 aliphatic rings. The number of alkyl halides is 1. The molecule has 0 aromatic heterocycles. The molecule has 4 fully saturated rings. The average Bonchev–Trinajstić information content (AvgIpc) is 2.58. The maximum absolute atomic E-state index is 15.3. The third-order valence-corrected chi connectivity index (χ3v) is 8.11. The molecule has 1 atom stereocenters. The van der Waals surface area contributed by atoms with Gasteiger partial charge in [-0.1, -0.05) is 58.8 Å². The van der Waals surface area contributed by atoms with E-state index >= 15 is 4.39 Å². The Balaban J connectivity index is 1.49. The van der Waals surface area contributed by atoms with Crippen molar-refractivity contribution >= 4 is 0 Å². The van der Waals surface area contributed by atoms with E-state index in [1.807, 2.05) is 0 Å². The molecule has 4 aliphatic carbocycles. The van der Waals surface area contributed by atoms with Crippen LogP contribution in [0.3, 0.4) is 0 Å². The molecule has 1 heteroatoms. The summed E-state index contributed by atoms with van der Waals surface area (Å²) < 4.78 is 15.3. The normalized spacial score (nSPS) is 41.9. The van der Waals surface area contributed by atoms with Gasteiger partial charge in [-0.05, 0) is 68.6 Å². The Morgan fingerprint density at radius 1 is 0.826 bits per heavy atom. The van der Waals surface area contributed by atoms with Crippen LogP contribution in [0, 0.1) is 22.7 Å². The minimum Gasteiger partial charge on any atom is -0.247 e. The molecular weight excluding hydrogens is 283 g/mol. The monoisotopic (exact) mass is 322 g/mol. The number of fused-ring (bicyclic) bond motifs is 3. The van der Waals surface area contributed by atoms with Crippen molar-refractivity contribution in [1.29, 1.82) is 0 Å². The van der Waals surface area contributed by atoms with Crippen molar-refractivity contribution in [1.82, 2.24) is 0 Å². The number of halogens is 1. The Bertz CT molecular complexity index is 342. The van der Waals surface area contributed by atoms with Gasteiger partial charge < -0.3 is 0 Å². The summed E-state index contributed by atoms with van der Waals surface area (Å²) >= 11 is 0. The standard InChI is InChI=1S/C22H39F/c1-3-5-18-6-8-19(9-7-18)17-20(23)22-14-11-21(10-4-2,12-15-22)13-16-22/h18-20H,3-17H2,1-2H3. The Morgan fingerprint density at radius 3 is 1.91 bits per heavy atom. The molecule has 4 saturated carbocycles. The van der Waals surface area contributed by atoms with Gasteiger partial charge in [0, 0.05) is 5.41 Å². The Morgan fingerprint density at radius 2 is 1.39 bits per heavy atom. The summed E-state index contributed by atoms with van der Waals surface area (Å²) in [6.45, 7) is 4.62. The maximum Gasteiger partial charge on any atom is 0.106 e. The molecule has 0 radical (unpaired) electrons. The number of hydrogen-bond donors (Lipinski definition) is 0. The van der Waals surface area contributed by atoms with Crippen LogP contribution in [0.1, 0.15) is 110 Å². The predicted molar refractivity (Wildman–Crippen MR) is 97.3 cm³/mol. The second kappa shape index (κ2) is 7.44. The average molecular weight is 323 g/mol. The van der Waals surface area contributed by atoms with Crippen molar-refractivity contribution in [3.63, 3.8) is 0 Å². The summed E-state index contributed by atoms with van der Waals surface area (Å²) in [5.41, 5.74) is 0.712. The van der Waals surface area contributed by atoms with Gasteiger partial charge in [0.05, 0.1) is 0 Å². The third-order valence-electron chi connectivity index (χ3n) is 8.11. The quantitative estimate of drug-likeness (QED) is 0.456. The highest BCUT2D eigenvalue weighted by Crippen LogP contribution is 2.61. The van der Waals surface area contributed by atoms with Gasteiger partial charge in [-0.2, -0.15) is 0 Å². The van der Waals surface area contributed by atoms with Crippen LogP contribution < -0.4 is 0 Å². The highest BCUT2D eigenvalue weighted by atomic mass is 19.1. The number of rotatable bonds is 7. The van der Waals surface area contributed by atoms with Gasteiger partial charge in [0.25, 0.3) is 0 Å². The Hall–Kier alpha value is -0.0700. The minimum absolute atomic E-state index is 0.0930. The van der Waals surface area contributed by atoms with E-state index in [9.17, 15) is 0 Å². The zero-order chi connectivity index (χ0) is 16.3. The molecule has 0 heterocycles. The van der Waals surface area contributed by atoms with Crippen molar-refractivity contribution in [2.75, 3.05) is 0 Å². The lowest BCUT2D eigenvalue weighted by molar-refractivity contribution is -0.0698. The first-order valence-electron chi connectivity index (χ1n) is 10.8. The summed E-state index contributed by atoms with van der Waals surface area (Å²) in [7, 11) is 0. The molecule has 1 unspecified atom stereocenters. The lowest BCUT2D eigenvalue weighted by Gasteiger charge is -2.55. The molecule has 0 saturated heterocycles. The minimum atomic E-state index is -0.504. The van der Waals surface area contributed by atoms with E-state index in [4.69, 9.17) is 0 Å². The molecule has 0 aromatic carbocycles. The summed E-state index contributed by atoms with van der Waals surface area (Å²) in [4.78, 5) is 0. The van der Waals surface area contributed by atoms with E-state index < -0.39 is 6.17 Å².